The molecule has 2 N–H and O–H groups in total. The number of rotatable bonds is 3. The van der Waals surface area contributed by atoms with Crippen LogP contribution < -0.4 is 10.2 Å². The minimum Gasteiger partial charge on any atom is -0.465 e. The lowest BCUT2D eigenvalue weighted by Crippen LogP contribution is -2.61. The second-order valence-corrected chi connectivity index (χ2v) is 9.44. The zero-order chi connectivity index (χ0) is 24.3. The molecule has 2 saturated heterocycles. The Morgan fingerprint density at radius 1 is 1.12 bits per heavy atom. The number of hydrogen-bond acceptors (Lipinski definition) is 5. The molecule has 2 fully saturated rings. The van der Waals surface area contributed by atoms with Crippen molar-refractivity contribution >= 4 is 29.7 Å². The highest BCUT2D eigenvalue weighted by Crippen LogP contribution is 2.31. The molecule has 0 saturated carbocycles. The van der Waals surface area contributed by atoms with Crippen LogP contribution in [0, 0.1) is 0 Å². The number of nitrogens with zero attached hydrogens (tertiary/aromatic N) is 3. The molecule has 10 heteroatoms. The van der Waals surface area contributed by atoms with E-state index in [2.05, 4.69) is 5.32 Å². The molecular weight excluding hydrogens is 428 g/mol. The van der Waals surface area contributed by atoms with Gasteiger partial charge in [-0.2, -0.15) is 0 Å². The summed E-state index contributed by atoms with van der Waals surface area (Å²) in [6.45, 7) is 5.07. The van der Waals surface area contributed by atoms with E-state index in [9.17, 15) is 24.3 Å². The largest absolute Gasteiger partial charge is 0.465 e. The number of fused-ring (bicyclic) bond motifs is 1. The van der Waals surface area contributed by atoms with Gasteiger partial charge in [0.15, 0.2) is 0 Å². The van der Waals surface area contributed by atoms with Crippen molar-refractivity contribution in [2.24, 2.45) is 0 Å². The van der Waals surface area contributed by atoms with Crippen LogP contribution in [-0.4, -0.2) is 82.8 Å². The minimum atomic E-state index is -1.17. The van der Waals surface area contributed by atoms with Gasteiger partial charge in [0.2, 0.25) is 11.8 Å². The summed E-state index contributed by atoms with van der Waals surface area (Å²) in [4.78, 5) is 55.2. The third-order valence-corrected chi connectivity index (χ3v) is 5.91. The fourth-order valence-electron chi connectivity index (χ4n) is 4.35. The third kappa shape index (κ3) is 5.74. The van der Waals surface area contributed by atoms with E-state index in [0.29, 0.717) is 24.9 Å². The number of amides is 4. The summed E-state index contributed by atoms with van der Waals surface area (Å²) in [5.41, 5.74) is -0.0696. The number of carbonyl (C=O) groups is 4. The van der Waals surface area contributed by atoms with Gasteiger partial charge >= 0.3 is 12.2 Å². The summed E-state index contributed by atoms with van der Waals surface area (Å²) in [6, 6.07) is 7.02. The van der Waals surface area contributed by atoms with Crippen LogP contribution in [-0.2, 0) is 14.3 Å². The average molecular weight is 461 g/mol. The molecule has 3 rings (SSSR count). The minimum absolute atomic E-state index is 0.200. The first-order chi connectivity index (χ1) is 15.5. The molecule has 0 unspecified atom stereocenters. The summed E-state index contributed by atoms with van der Waals surface area (Å²) in [5, 5.41) is 12.1. The van der Waals surface area contributed by atoms with Gasteiger partial charge < -0.3 is 29.9 Å². The molecule has 2 heterocycles. The molecule has 0 aliphatic carbocycles. The molecule has 33 heavy (non-hydrogen) atoms. The van der Waals surface area contributed by atoms with Gasteiger partial charge in [-0.05, 0) is 52.2 Å². The van der Waals surface area contributed by atoms with Crippen molar-refractivity contribution in [2.45, 2.75) is 63.8 Å². The van der Waals surface area contributed by atoms with E-state index >= 15 is 0 Å². The number of anilines is 1. The second kappa shape index (κ2) is 9.68. The van der Waals surface area contributed by atoms with Crippen molar-refractivity contribution in [1.82, 2.24) is 15.1 Å². The predicted octanol–water partition coefficient (Wildman–Crippen LogP) is 2.29. The molecule has 2 aliphatic rings. The normalized spacial score (nSPS) is 23.3. The van der Waals surface area contributed by atoms with Crippen molar-refractivity contribution < 1.29 is 29.0 Å². The molecule has 0 bridgehead atoms. The molecule has 1 aromatic rings. The third-order valence-electron chi connectivity index (χ3n) is 5.91. The number of alkyl carbamates (subject to hydrolysis) is 1. The number of hydrogen-bond donors (Lipinski definition) is 2. The van der Waals surface area contributed by atoms with E-state index in [4.69, 9.17) is 4.74 Å². The maximum Gasteiger partial charge on any atom is 0.408 e. The molecule has 2 aliphatic heterocycles. The monoisotopic (exact) mass is 460 g/mol. The highest BCUT2D eigenvalue weighted by Gasteiger charge is 2.46. The van der Waals surface area contributed by atoms with E-state index in [1.54, 1.807) is 32.7 Å². The maximum absolute atomic E-state index is 13.6. The maximum atomic E-state index is 13.6. The van der Waals surface area contributed by atoms with Gasteiger partial charge in [0.05, 0.1) is 6.54 Å². The fraction of sp³-hybridized carbons (Fsp3) is 0.565. The Labute approximate surface area is 193 Å². The van der Waals surface area contributed by atoms with Gasteiger partial charge in [0.25, 0.3) is 0 Å². The fourth-order valence-corrected chi connectivity index (χ4v) is 4.35. The van der Waals surface area contributed by atoms with E-state index in [-0.39, 0.29) is 25.0 Å². The molecule has 1 aromatic carbocycles. The molecule has 10 nitrogen and oxygen atoms in total. The first-order valence-electron chi connectivity index (χ1n) is 11.1. The van der Waals surface area contributed by atoms with Crippen molar-refractivity contribution in [3.8, 4) is 0 Å². The Morgan fingerprint density at radius 3 is 2.39 bits per heavy atom. The van der Waals surface area contributed by atoms with Crippen LogP contribution in [0.5, 0.6) is 0 Å². The van der Waals surface area contributed by atoms with E-state index in [0.717, 1.165) is 4.90 Å². The summed E-state index contributed by atoms with van der Waals surface area (Å²) in [7, 11) is 1.67. The Bertz CT molecular complexity index is 900. The van der Waals surface area contributed by atoms with Gasteiger partial charge in [0, 0.05) is 25.3 Å². The van der Waals surface area contributed by atoms with Crippen molar-refractivity contribution in [3.63, 3.8) is 0 Å². The van der Waals surface area contributed by atoms with Crippen molar-refractivity contribution in [1.29, 1.82) is 0 Å². The van der Waals surface area contributed by atoms with Crippen LogP contribution in [0.3, 0.4) is 0 Å². The summed E-state index contributed by atoms with van der Waals surface area (Å²) in [6.07, 6.45) is -0.500. The lowest BCUT2D eigenvalue weighted by Gasteiger charge is -2.38. The topological polar surface area (TPSA) is 119 Å². The predicted molar refractivity (Wildman–Crippen MR) is 121 cm³/mol. The number of nitrogens with one attached hydrogen (secondary N) is 1. The molecule has 4 amide bonds. The highest BCUT2D eigenvalue weighted by atomic mass is 16.6. The van der Waals surface area contributed by atoms with E-state index in [1.165, 1.54) is 4.90 Å². The number of likely N-dealkylation sites (N-methyl/N-ethyl adjacent to an activating group) is 1. The Morgan fingerprint density at radius 2 is 1.79 bits per heavy atom. The number of benzene rings is 1. The smallest absolute Gasteiger partial charge is 0.408 e. The summed E-state index contributed by atoms with van der Waals surface area (Å²) in [5.74, 6) is -0.696. The standard InChI is InChI=1S/C23H32N4O6/c1-23(2,3)33-21(30)24-17-14-26(22(31)32)13-12-16-10-11-18(27(16)19(17)28)20(29)25(4)15-8-6-5-7-9-15/h5-9,16-18H,10-14H2,1-4H3,(H,24,30)(H,31,32)/t16-,17+,18+/m1/s1. The number of carboxylic acid groups (broad SMARTS) is 1. The SMILES string of the molecule is CN(C(=O)[C@@H]1CC[C@@H]2CCN(C(=O)O)C[C@H](NC(=O)OC(C)(C)C)C(=O)N21)c1ccccc1. The molecule has 3 atom stereocenters. The number of carbonyl (C=O) groups excluding carboxylic acids is 3. The quantitative estimate of drug-likeness (QED) is 0.714. The number of para-hydroxylation sites is 1. The first kappa shape index (κ1) is 24.3. The first-order valence-corrected chi connectivity index (χ1v) is 11.1. The van der Waals surface area contributed by atoms with E-state index in [1.807, 2.05) is 30.3 Å². The molecule has 0 radical (unpaired) electrons. The van der Waals surface area contributed by atoms with Gasteiger partial charge in [0.1, 0.15) is 17.7 Å². The molecular formula is C23H32N4O6. The average Bonchev–Trinajstić information content (AvgIpc) is 3.15. The lowest BCUT2D eigenvalue weighted by atomic mass is 10.1. The molecule has 180 valence electrons. The summed E-state index contributed by atoms with van der Waals surface area (Å²) >= 11 is 0. The molecule has 0 spiro atoms. The van der Waals surface area contributed by atoms with Crippen molar-refractivity contribution in [2.75, 3.05) is 25.0 Å². The van der Waals surface area contributed by atoms with E-state index < -0.39 is 35.8 Å². The zero-order valence-electron chi connectivity index (χ0n) is 19.5. The zero-order valence-corrected chi connectivity index (χ0v) is 19.5. The van der Waals surface area contributed by atoms with Crippen LogP contribution in [0.2, 0.25) is 0 Å². The van der Waals surface area contributed by atoms with Crippen LogP contribution in [0.25, 0.3) is 0 Å². The Hall–Kier alpha value is -3.30. The summed E-state index contributed by atoms with van der Waals surface area (Å²) < 4.78 is 5.28. The van der Waals surface area contributed by atoms with Gasteiger partial charge in [-0.15, -0.1) is 0 Å². The van der Waals surface area contributed by atoms with Crippen LogP contribution >= 0.6 is 0 Å². The van der Waals surface area contributed by atoms with Gasteiger partial charge in [-0.25, -0.2) is 9.59 Å². The van der Waals surface area contributed by atoms with Gasteiger partial charge in [-0.3, -0.25) is 9.59 Å². The van der Waals surface area contributed by atoms with Crippen LogP contribution in [0.4, 0.5) is 15.3 Å². The molecule has 0 aromatic heterocycles. The Kier molecular flexibility index (Phi) is 7.14. The Balaban J connectivity index is 1.85. The van der Waals surface area contributed by atoms with Crippen LogP contribution in [0.15, 0.2) is 30.3 Å². The number of ether oxygens (including phenoxy) is 1. The second-order valence-electron chi connectivity index (χ2n) is 9.44. The van der Waals surface area contributed by atoms with Crippen LogP contribution in [0.1, 0.15) is 40.0 Å². The highest BCUT2D eigenvalue weighted by molar-refractivity contribution is 6.00. The van der Waals surface area contributed by atoms with Gasteiger partial charge in [-0.1, -0.05) is 18.2 Å². The lowest BCUT2D eigenvalue weighted by molar-refractivity contribution is -0.142. The van der Waals surface area contributed by atoms with Crippen molar-refractivity contribution in [3.05, 3.63) is 30.3 Å².